The molecule has 0 spiro atoms. The van der Waals surface area contributed by atoms with E-state index in [-0.39, 0.29) is 12.2 Å². The van der Waals surface area contributed by atoms with Gasteiger partial charge in [-0.15, -0.1) is 5.10 Å². The predicted octanol–water partition coefficient (Wildman–Crippen LogP) is 1.24. The van der Waals surface area contributed by atoms with Crippen LogP contribution >= 0.6 is 0 Å². The van der Waals surface area contributed by atoms with Crippen LogP contribution in [0.1, 0.15) is 35.4 Å². The van der Waals surface area contributed by atoms with Gasteiger partial charge < -0.3 is 14.8 Å². The summed E-state index contributed by atoms with van der Waals surface area (Å²) in [5.74, 6) is 0.767. The Labute approximate surface area is 199 Å². The maximum Gasteiger partial charge on any atom is 0.252 e. The number of aromatic amines is 1. The summed E-state index contributed by atoms with van der Waals surface area (Å²) in [6.07, 6.45) is 1.57. The highest BCUT2D eigenvalue weighted by Gasteiger charge is 2.16. The number of rotatable bonds is 11. The molecular weight excluding hydrogens is 434 g/mol. The van der Waals surface area contributed by atoms with E-state index < -0.39 is 0 Å². The van der Waals surface area contributed by atoms with Gasteiger partial charge in [-0.3, -0.25) is 14.6 Å². The molecule has 3 aromatic rings. The number of ether oxygens (including phenoxy) is 1. The molecule has 1 aromatic carbocycles. The normalized spacial score (nSPS) is 14.9. The molecule has 2 N–H and O–H groups in total. The number of aromatic nitrogens is 5. The average molecular weight is 470 g/mol. The molecule has 4 rings (SSSR count). The number of aryl methyl sites for hydroxylation is 3. The number of tetrazole rings is 1. The summed E-state index contributed by atoms with van der Waals surface area (Å²) >= 11 is 0. The summed E-state index contributed by atoms with van der Waals surface area (Å²) < 4.78 is 7.26. The third kappa shape index (κ3) is 6.26. The first-order valence-electron chi connectivity index (χ1n) is 12.0. The van der Waals surface area contributed by atoms with E-state index in [1.807, 2.05) is 17.7 Å². The molecule has 0 bridgehead atoms. The number of benzene rings is 1. The van der Waals surface area contributed by atoms with Gasteiger partial charge in [-0.1, -0.05) is 11.6 Å². The molecule has 34 heavy (non-hydrogen) atoms. The molecule has 2 aromatic heterocycles. The van der Waals surface area contributed by atoms with Crippen LogP contribution in [0.5, 0.6) is 0 Å². The largest absolute Gasteiger partial charge is 0.396 e. The Morgan fingerprint density at radius 1 is 1.12 bits per heavy atom. The molecule has 184 valence electrons. The maximum atomic E-state index is 12.8. The van der Waals surface area contributed by atoms with E-state index in [1.54, 1.807) is 0 Å². The lowest BCUT2D eigenvalue weighted by Gasteiger charge is -2.26. The molecular formula is C24H35N7O3. The zero-order chi connectivity index (χ0) is 23.9. The van der Waals surface area contributed by atoms with Crippen molar-refractivity contribution in [1.82, 2.24) is 35.0 Å². The fraction of sp³-hybridized carbons (Fsp3) is 0.583. The molecule has 1 saturated heterocycles. The van der Waals surface area contributed by atoms with Crippen LogP contribution in [0.2, 0.25) is 0 Å². The minimum absolute atomic E-state index is 0.0847. The second-order valence-corrected chi connectivity index (χ2v) is 9.08. The molecule has 10 nitrogen and oxygen atoms in total. The number of nitrogens with one attached hydrogen (secondary N) is 1. The number of morpholine rings is 1. The van der Waals surface area contributed by atoms with E-state index in [4.69, 9.17) is 4.74 Å². The third-order valence-corrected chi connectivity index (χ3v) is 6.32. The van der Waals surface area contributed by atoms with Crippen LogP contribution in [0, 0.1) is 13.8 Å². The molecule has 1 aliphatic rings. The molecule has 10 heteroatoms. The van der Waals surface area contributed by atoms with Crippen LogP contribution < -0.4 is 5.56 Å². The van der Waals surface area contributed by atoms with Gasteiger partial charge in [0.05, 0.1) is 25.3 Å². The van der Waals surface area contributed by atoms with E-state index in [2.05, 4.69) is 49.4 Å². The number of hydrogen-bond acceptors (Lipinski definition) is 8. The van der Waals surface area contributed by atoms with Crippen molar-refractivity contribution in [3.63, 3.8) is 0 Å². The van der Waals surface area contributed by atoms with Crippen molar-refractivity contribution in [2.45, 2.75) is 46.3 Å². The lowest BCUT2D eigenvalue weighted by atomic mass is 10.1. The molecule has 1 aliphatic heterocycles. The summed E-state index contributed by atoms with van der Waals surface area (Å²) in [6, 6.07) is 6.14. The summed E-state index contributed by atoms with van der Waals surface area (Å²) in [5.41, 5.74) is 3.72. The van der Waals surface area contributed by atoms with Crippen molar-refractivity contribution in [1.29, 1.82) is 0 Å². The second-order valence-electron chi connectivity index (χ2n) is 9.08. The average Bonchev–Trinajstić information content (AvgIpc) is 3.26. The minimum Gasteiger partial charge on any atom is -0.396 e. The standard InChI is InChI=1S/C24H35N7O3/c1-18-13-19(2)23-20(14-18)15-21(24(33)25-23)16-30(6-4-10-32)17-22-26-27-28-31(22)7-3-5-29-8-11-34-12-9-29/h13-15,32H,3-12,16-17H2,1-2H3,(H,25,33). The SMILES string of the molecule is Cc1cc(C)c2[nH]c(=O)c(CN(CCCO)Cc3nnnn3CCCN3CCOCC3)cc2c1. The van der Waals surface area contributed by atoms with Gasteiger partial charge in [-0.2, -0.15) is 0 Å². The molecule has 0 radical (unpaired) electrons. The van der Waals surface area contributed by atoms with E-state index in [0.717, 1.165) is 73.7 Å². The molecule has 0 unspecified atom stereocenters. The highest BCUT2D eigenvalue weighted by Crippen LogP contribution is 2.19. The minimum atomic E-state index is -0.0847. The number of aliphatic hydroxyl groups excluding tert-OH is 1. The van der Waals surface area contributed by atoms with Gasteiger partial charge >= 0.3 is 0 Å². The summed E-state index contributed by atoms with van der Waals surface area (Å²) in [7, 11) is 0. The number of hydrogen-bond donors (Lipinski definition) is 2. The Balaban J connectivity index is 1.45. The highest BCUT2D eigenvalue weighted by molar-refractivity contribution is 5.82. The number of nitrogens with zero attached hydrogens (tertiary/aromatic N) is 6. The first kappa shape index (κ1) is 24.5. The molecule has 0 atom stereocenters. The monoisotopic (exact) mass is 469 g/mol. The van der Waals surface area contributed by atoms with Gasteiger partial charge in [-0.05, 0) is 60.2 Å². The lowest BCUT2D eigenvalue weighted by Crippen LogP contribution is -2.37. The van der Waals surface area contributed by atoms with Gasteiger partial charge in [0, 0.05) is 51.4 Å². The Morgan fingerprint density at radius 3 is 2.74 bits per heavy atom. The first-order valence-corrected chi connectivity index (χ1v) is 12.0. The Morgan fingerprint density at radius 2 is 1.94 bits per heavy atom. The lowest BCUT2D eigenvalue weighted by molar-refractivity contribution is 0.0367. The van der Waals surface area contributed by atoms with Crippen LogP contribution in [-0.4, -0.2) is 86.1 Å². The second kappa shape index (κ2) is 11.7. The molecule has 0 amide bonds. The highest BCUT2D eigenvalue weighted by atomic mass is 16.5. The van der Waals surface area contributed by atoms with Crippen molar-refractivity contribution in [2.24, 2.45) is 0 Å². The zero-order valence-electron chi connectivity index (χ0n) is 20.2. The molecule has 0 saturated carbocycles. The fourth-order valence-electron chi connectivity index (χ4n) is 4.58. The number of H-pyrrole nitrogens is 1. The van der Waals surface area contributed by atoms with Crippen LogP contribution in [0.15, 0.2) is 23.0 Å². The Kier molecular flexibility index (Phi) is 8.39. The fourth-order valence-corrected chi connectivity index (χ4v) is 4.58. The van der Waals surface area contributed by atoms with Gasteiger partial charge in [0.25, 0.3) is 5.56 Å². The summed E-state index contributed by atoms with van der Waals surface area (Å²) in [6.45, 7) is 11.0. The Hall–Kier alpha value is -2.66. The summed E-state index contributed by atoms with van der Waals surface area (Å²) in [4.78, 5) is 20.4. The van der Waals surface area contributed by atoms with Crippen molar-refractivity contribution in [3.05, 3.63) is 51.1 Å². The Bertz CT molecular complexity index is 1140. The van der Waals surface area contributed by atoms with Crippen LogP contribution in [0.25, 0.3) is 10.9 Å². The number of aliphatic hydroxyl groups is 1. The van der Waals surface area contributed by atoms with Crippen molar-refractivity contribution < 1.29 is 9.84 Å². The van der Waals surface area contributed by atoms with Crippen molar-refractivity contribution >= 4 is 10.9 Å². The molecule has 3 heterocycles. The smallest absolute Gasteiger partial charge is 0.252 e. The van der Waals surface area contributed by atoms with E-state index in [1.165, 1.54) is 0 Å². The number of pyridine rings is 1. The predicted molar refractivity (Wildman–Crippen MR) is 130 cm³/mol. The van der Waals surface area contributed by atoms with Gasteiger partial charge in [0.15, 0.2) is 5.82 Å². The van der Waals surface area contributed by atoms with Gasteiger partial charge in [-0.25, -0.2) is 4.68 Å². The zero-order valence-corrected chi connectivity index (χ0v) is 20.2. The van der Waals surface area contributed by atoms with E-state index in [0.29, 0.717) is 31.6 Å². The maximum absolute atomic E-state index is 12.8. The third-order valence-electron chi connectivity index (χ3n) is 6.32. The number of fused-ring (bicyclic) bond motifs is 1. The molecule has 0 aliphatic carbocycles. The van der Waals surface area contributed by atoms with Crippen LogP contribution in [0.4, 0.5) is 0 Å². The van der Waals surface area contributed by atoms with Crippen molar-refractivity contribution in [3.8, 4) is 0 Å². The quantitative estimate of drug-likeness (QED) is 0.431. The van der Waals surface area contributed by atoms with Crippen molar-refractivity contribution in [2.75, 3.05) is 46.0 Å². The topological polar surface area (TPSA) is 112 Å². The van der Waals surface area contributed by atoms with Gasteiger partial charge in [0.2, 0.25) is 0 Å². The first-order chi connectivity index (χ1) is 16.5. The molecule has 1 fully saturated rings. The van der Waals surface area contributed by atoms with Crippen LogP contribution in [-0.2, 0) is 24.4 Å². The van der Waals surface area contributed by atoms with Gasteiger partial charge in [0.1, 0.15) is 0 Å². The van der Waals surface area contributed by atoms with E-state index >= 15 is 0 Å². The summed E-state index contributed by atoms with van der Waals surface area (Å²) in [5, 5.41) is 22.8. The van der Waals surface area contributed by atoms with Crippen LogP contribution in [0.3, 0.4) is 0 Å². The van der Waals surface area contributed by atoms with E-state index in [9.17, 15) is 9.90 Å².